The van der Waals surface area contributed by atoms with Crippen LogP contribution in [-0.4, -0.2) is 70.7 Å². The molecule has 1 aromatic heterocycles. The quantitative estimate of drug-likeness (QED) is 0.604. The maximum absolute atomic E-state index is 13.3. The molecular weight excluding hydrogens is 418 g/mol. The van der Waals surface area contributed by atoms with Gasteiger partial charge in [0.05, 0.1) is 13.2 Å². The standard InChI is InChI=1S/C26H39N3O4/c1-16-4-5-20-19(15-31)21(6-7-25(16,20)2)26(3)13-18-22(12-17(26)14-30)27-28-23(18)24(32)29-8-10-33-11-9-29/h17,19-21,30-31H,1,4-15H2,2-3H3,(H,27,28)/t17-,19?,20?,21?,25?,26-/m1/s1. The third kappa shape index (κ3) is 3.50. The Bertz CT molecular complexity index is 923. The summed E-state index contributed by atoms with van der Waals surface area (Å²) in [5.74, 6) is 0.962. The first-order valence-electron chi connectivity index (χ1n) is 12.7. The van der Waals surface area contributed by atoms with Crippen LogP contribution in [0.3, 0.4) is 0 Å². The molecule has 0 radical (unpaired) electrons. The van der Waals surface area contributed by atoms with E-state index in [2.05, 4.69) is 30.6 Å². The number of ether oxygens (including phenoxy) is 1. The molecule has 7 nitrogen and oxygen atoms in total. The molecule has 4 aliphatic rings. The van der Waals surface area contributed by atoms with E-state index in [0.29, 0.717) is 50.8 Å². The minimum atomic E-state index is -0.204. The second kappa shape index (κ2) is 8.51. The molecule has 7 heteroatoms. The van der Waals surface area contributed by atoms with Gasteiger partial charge in [-0.1, -0.05) is 26.0 Å². The summed E-state index contributed by atoms with van der Waals surface area (Å²) in [4.78, 5) is 15.1. The van der Waals surface area contributed by atoms with E-state index in [-0.39, 0.29) is 47.7 Å². The molecule has 2 saturated carbocycles. The molecule has 0 spiro atoms. The molecule has 1 amide bonds. The number of morpholine rings is 1. The van der Waals surface area contributed by atoms with Crippen LogP contribution in [0.4, 0.5) is 0 Å². The highest BCUT2D eigenvalue weighted by molar-refractivity contribution is 5.94. The van der Waals surface area contributed by atoms with Gasteiger partial charge in [-0.2, -0.15) is 5.10 Å². The van der Waals surface area contributed by atoms with E-state index in [1.54, 1.807) is 0 Å². The molecule has 2 heterocycles. The summed E-state index contributed by atoms with van der Waals surface area (Å²) in [7, 11) is 0. The maximum atomic E-state index is 13.3. The summed E-state index contributed by atoms with van der Waals surface area (Å²) in [6.45, 7) is 11.6. The van der Waals surface area contributed by atoms with Crippen LogP contribution in [0, 0.1) is 34.5 Å². The van der Waals surface area contributed by atoms with Crippen molar-refractivity contribution in [1.29, 1.82) is 0 Å². The molecule has 182 valence electrons. The van der Waals surface area contributed by atoms with Crippen molar-refractivity contribution in [1.82, 2.24) is 15.1 Å². The second-order valence-electron chi connectivity index (χ2n) is 11.4. The number of fused-ring (bicyclic) bond motifs is 2. The van der Waals surface area contributed by atoms with Crippen LogP contribution in [0.25, 0.3) is 0 Å². The molecule has 5 rings (SSSR count). The van der Waals surface area contributed by atoms with Gasteiger partial charge in [-0.25, -0.2) is 0 Å². The summed E-state index contributed by atoms with van der Waals surface area (Å²) < 4.78 is 5.42. The van der Waals surface area contributed by atoms with Gasteiger partial charge >= 0.3 is 0 Å². The molecular formula is C26H39N3O4. The molecule has 4 unspecified atom stereocenters. The largest absolute Gasteiger partial charge is 0.396 e. The Hall–Kier alpha value is -1.70. The molecule has 0 aromatic carbocycles. The van der Waals surface area contributed by atoms with Gasteiger partial charge in [0.25, 0.3) is 5.91 Å². The van der Waals surface area contributed by atoms with Crippen molar-refractivity contribution in [2.24, 2.45) is 34.5 Å². The predicted octanol–water partition coefficient (Wildman–Crippen LogP) is 2.59. The van der Waals surface area contributed by atoms with Crippen LogP contribution in [0.5, 0.6) is 0 Å². The van der Waals surface area contributed by atoms with Gasteiger partial charge < -0.3 is 19.8 Å². The SMILES string of the molecule is C=C1CCC2C(CO)C([C@]3(C)Cc4c(C(=O)N5CCOCC5)n[nH]c4C[C@@H]3CO)CCC12C. The second-order valence-corrected chi connectivity index (χ2v) is 11.4. The maximum Gasteiger partial charge on any atom is 0.274 e. The number of rotatable bonds is 4. The van der Waals surface area contributed by atoms with Crippen LogP contribution in [-0.2, 0) is 17.6 Å². The number of nitrogens with one attached hydrogen (secondary N) is 1. The summed E-state index contributed by atoms with van der Waals surface area (Å²) in [5, 5.41) is 28.6. The monoisotopic (exact) mass is 457 g/mol. The van der Waals surface area contributed by atoms with Gasteiger partial charge in [-0.05, 0) is 73.0 Å². The first-order valence-corrected chi connectivity index (χ1v) is 12.7. The van der Waals surface area contributed by atoms with Gasteiger partial charge in [0.2, 0.25) is 0 Å². The molecule has 3 fully saturated rings. The molecule has 1 saturated heterocycles. The highest BCUT2D eigenvalue weighted by Crippen LogP contribution is 2.62. The van der Waals surface area contributed by atoms with E-state index in [4.69, 9.17) is 4.74 Å². The van der Waals surface area contributed by atoms with E-state index in [1.807, 2.05) is 4.90 Å². The number of nitrogens with zero attached hydrogens (tertiary/aromatic N) is 2. The molecule has 33 heavy (non-hydrogen) atoms. The molecule has 1 aromatic rings. The fourth-order valence-corrected chi connectivity index (χ4v) is 7.83. The minimum absolute atomic E-state index is 0.0254. The van der Waals surface area contributed by atoms with E-state index in [9.17, 15) is 15.0 Å². The first-order chi connectivity index (χ1) is 15.8. The fourth-order valence-electron chi connectivity index (χ4n) is 7.83. The minimum Gasteiger partial charge on any atom is -0.396 e. The summed E-state index contributed by atoms with van der Waals surface area (Å²) in [6.07, 6.45) is 5.65. The Balaban J connectivity index is 1.47. The average Bonchev–Trinajstić information content (AvgIpc) is 3.37. The Morgan fingerprint density at radius 3 is 2.67 bits per heavy atom. The van der Waals surface area contributed by atoms with Gasteiger partial charge in [0, 0.05) is 37.6 Å². The number of amides is 1. The lowest BCUT2D eigenvalue weighted by molar-refractivity contribution is -0.0738. The van der Waals surface area contributed by atoms with Crippen molar-refractivity contribution >= 4 is 5.91 Å². The Morgan fingerprint density at radius 2 is 1.97 bits per heavy atom. The molecule has 0 bridgehead atoms. The van der Waals surface area contributed by atoms with Crippen molar-refractivity contribution in [3.8, 4) is 0 Å². The number of hydrogen-bond donors (Lipinski definition) is 3. The molecule has 3 N–H and O–H groups in total. The zero-order chi connectivity index (χ0) is 23.4. The summed E-state index contributed by atoms with van der Waals surface area (Å²) in [6, 6.07) is 0. The van der Waals surface area contributed by atoms with E-state index in [0.717, 1.165) is 36.9 Å². The third-order valence-corrected chi connectivity index (χ3v) is 10.1. The third-order valence-electron chi connectivity index (χ3n) is 10.1. The highest BCUT2D eigenvalue weighted by atomic mass is 16.5. The number of hydrogen-bond acceptors (Lipinski definition) is 5. The van der Waals surface area contributed by atoms with E-state index in [1.165, 1.54) is 5.57 Å². The Morgan fingerprint density at radius 1 is 1.21 bits per heavy atom. The van der Waals surface area contributed by atoms with Crippen molar-refractivity contribution in [3.05, 3.63) is 29.1 Å². The lowest BCUT2D eigenvalue weighted by atomic mass is 9.49. The lowest BCUT2D eigenvalue weighted by Crippen LogP contribution is -2.52. The van der Waals surface area contributed by atoms with Crippen molar-refractivity contribution in [2.45, 2.75) is 52.4 Å². The topological polar surface area (TPSA) is 98.7 Å². The zero-order valence-corrected chi connectivity index (χ0v) is 20.1. The number of aromatic nitrogens is 2. The van der Waals surface area contributed by atoms with Crippen LogP contribution in [0.1, 0.15) is 61.3 Å². The van der Waals surface area contributed by atoms with Crippen LogP contribution >= 0.6 is 0 Å². The number of H-pyrrole nitrogens is 1. The average molecular weight is 458 g/mol. The molecule has 1 aliphatic heterocycles. The van der Waals surface area contributed by atoms with Gasteiger partial charge in [-0.15, -0.1) is 0 Å². The van der Waals surface area contributed by atoms with Crippen LogP contribution in [0.15, 0.2) is 12.2 Å². The van der Waals surface area contributed by atoms with E-state index >= 15 is 0 Å². The van der Waals surface area contributed by atoms with Crippen LogP contribution < -0.4 is 0 Å². The number of allylic oxidation sites excluding steroid dienone is 1. The number of aromatic amines is 1. The molecule has 6 atom stereocenters. The smallest absolute Gasteiger partial charge is 0.274 e. The van der Waals surface area contributed by atoms with Gasteiger partial charge in [0.1, 0.15) is 0 Å². The molecule has 3 aliphatic carbocycles. The number of aliphatic hydroxyl groups excluding tert-OH is 2. The summed E-state index contributed by atoms with van der Waals surface area (Å²) >= 11 is 0. The normalized spacial score (nSPS) is 38.8. The van der Waals surface area contributed by atoms with E-state index < -0.39 is 0 Å². The zero-order valence-electron chi connectivity index (χ0n) is 20.1. The van der Waals surface area contributed by atoms with Crippen molar-refractivity contribution in [2.75, 3.05) is 39.5 Å². The Kier molecular flexibility index (Phi) is 5.94. The van der Waals surface area contributed by atoms with Crippen molar-refractivity contribution in [3.63, 3.8) is 0 Å². The highest BCUT2D eigenvalue weighted by Gasteiger charge is 2.57. The fraction of sp³-hybridized carbons (Fsp3) is 0.769. The van der Waals surface area contributed by atoms with Crippen LogP contribution in [0.2, 0.25) is 0 Å². The van der Waals surface area contributed by atoms with Gasteiger partial charge in [-0.3, -0.25) is 9.89 Å². The summed E-state index contributed by atoms with van der Waals surface area (Å²) in [5.41, 5.74) is 3.78. The number of aliphatic hydroxyl groups is 2. The first kappa shape index (κ1) is 23.1. The predicted molar refractivity (Wildman–Crippen MR) is 125 cm³/mol. The van der Waals surface area contributed by atoms with Gasteiger partial charge in [0.15, 0.2) is 5.69 Å². The van der Waals surface area contributed by atoms with Crippen molar-refractivity contribution < 1.29 is 19.7 Å². The Labute approximate surface area is 196 Å². The lowest BCUT2D eigenvalue weighted by Gasteiger charge is -2.55. The number of carbonyl (C=O) groups excluding carboxylic acids is 1. The number of carbonyl (C=O) groups is 1.